The molecule has 1 heterocycles. The smallest absolute Gasteiger partial charge is 0.186 e. The molecule has 1 aromatic heterocycles. The molecule has 4 heteroatoms. The Morgan fingerprint density at radius 1 is 1.00 bits per heavy atom. The van der Waals surface area contributed by atoms with E-state index in [1.54, 1.807) is 6.20 Å². The maximum atomic E-state index is 13.0. The topological polar surface area (TPSA) is 34.9 Å². The first-order valence-electron chi connectivity index (χ1n) is 8.56. The molecule has 0 amide bonds. The van der Waals surface area contributed by atoms with E-state index in [0.29, 0.717) is 5.69 Å². The zero-order valence-electron chi connectivity index (χ0n) is 16.3. The number of carbonyl (C=O) groups is 1. The van der Waals surface area contributed by atoms with Gasteiger partial charge in [0.1, 0.15) is 13.8 Å². The van der Waals surface area contributed by atoms with Gasteiger partial charge in [0.15, 0.2) is 5.78 Å². The summed E-state index contributed by atoms with van der Waals surface area (Å²) in [6.45, 7) is 17.4. The van der Waals surface area contributed by atoms with E-state index in [4.69, 9.17) is 4.98 Å². The van der Waals surface area contributed by atoms with E-state index in [-0.39, 0.29) is 10.8 Å². The first kappa shape index (κ1) is 18.7. The van der Waals surface area contributed by atoms with Gasteiger partial charge in [0.25, 0.3) is 0 Å². The van der Waals surface area contributed by atoms with Crippen LogP contribution in [0.15, 0.2) is 36.5 Å². The Kier molecular flexibility index (Phi) is 4.66. The van der Waals surface area contributed by atoms with Gasteiger partial charge in [-0.05, 0) is 17.2 Å². The Bertz CT molecular complexity index is 731. The van der Waals surface area contributed by atoms with E-state index >= 15 is 0 Å². The van der Waals surface area contributed by atoms with Crippen LogP contribution < -0.4 is 5.45 Å². The van der Waals surface area contributed by atoms with Gasteiger partial charge in [-0.2, -0.15) is 0 Å². The molecule has 24 heavy (non-hydrogen) atoms. The fourth-order valence-electron chi connectivity index (χ4n) is 2.51. The lowest BCUT2D eigenvalue weighted by atomic mass is 9.89. The van der Waals surface area contributed by atoms with Gasteiger partial charge in [-0.1, -0.05) is 72.8 Å². The molecule has 2 aromatic rings. The number of nitrogens with zero attached hydrogens (tertiary/aromatic N) is 2. The normalized spacial score (nSPS) is 13.2. The minimum absolute atomic E-state index is 0.129. The number of carbonyl (C=O) groups excluding carboxylic acids is 1. The lowest BCUT2D eigenvalue weighted by molar-refractivity contribution is 0.0851. The van der Waals surface area contributed by atoms with Gasteiger partial charge in [-0.3, -0.25) is 9.36 Å². The molecule has 0 radical (unpaired) electrons. The minimum Gasteiger partial charge on any atom is -0.298 e. The summed E-state index contributed by atoms with van der Waals surface area (Å²) in [5, 5.41) is 0.146. The molecule has 0 saturated heterocycles. The third kappa shape index (κ3) is 3.25. The molecule has 0 saturated carbocycles. The number of imidazole rings is 1. The second-order valence-corrected chi connectivity index (χ2v) is 14.3. The Morgan fingerprint density at radius 2 is 1.54 bits per heavy atom. The highest BCUT2D eigenvalue weighted by Gasteiger charge is 2.42. The molecular weight excluding hydrogens is 312 g/mol. The van der Waals surface area contributed by atoms with E-state index < -0.39 is 13.5 Å². The Labute approximate surface area is 147 Å². The third-order valence-electron chi connectivity index (χ3n) is 5.12. The largest absolute Gasteiger partial charge is 0.298 e. The van der Waals surface area contributed by atoms with Crippen molar-refractivity contribution in [1.82, 2.24) is 9.55 Å². The highest BCUT2D eigenvalue weighted by molar-refractivity contribution is 6.91. The minimum atomic E-state index is -1.89. The molecule has 0 N–H and O–H groups in total. The van der Waals surface area contributed by atoms with Gasteiger partial charge in [-0.15, -0.1) is 0 Å². The second-order valence-electron chi connectivity index (χ2n) is 9.09. The number of rotatable bonds is 3. The number of hydrogen-bond donors (Lipinski definition) is 0. The van der Waals surface area contributed by atoms with Crippen LogP contribution in [-0.2, 0) is 0 Å². The van der Waals surface area contributed by atoms with Crippen molar-refractivity contribution in [2.45, 2.75) is 59.7 Å². The van der Waals surface area contributed by atoms with Crippen molar-refractivity contribution in [3.63, 3.8) is 0 Å². The monoisotopic (exact) mass is 342 g/mol. The van der Waals surface area contributed by atoms with Crippen LogP contribution in [0.25, 0.3) is 5.69 Å². The SMILES string of the molecule is CC(C)(C)C(=O)c1cnc([Si](C)(C)C(C)(C)C)n1-c1ccccc1. The lowest BCUT2D eigenvalue weighted by Crippen LogP contribution is -2.54. The zero-order valence-corrected chi connectivity index (χ0v) is 17.3. The predicted molar refractivity (Wildman–Crippen MR) is 104 cm³/mol. The summed E-state index contributed by atoms with van der Waals surface area (Å²) in [4.78, 5) is 17.8. The lowest BCUT2D eigenvalue weighted by Gasteiger charge is -2.36. The summed E-state index contributed by atoms with van der Waals surface area (Å²) in [7, 11) is -1.89. The number of Topliss-reactive ketones (excluding diaryl/α,β-unsaturated/α-hetero) is 1. The van der Waals surface area contributed by atoms with Gasteiger partial charge < -0.3 is 0 Å². The highest BCUT2D eigenvalue weighted by Crippen LogP contribution is 2.36. The number of aromatic nitrogens is 2. The van der Waals surface area contributed by atoms with Crippen molar-refractivity contribution in [1.29, 1.82) is 0 Å². The summed E-state index contributed by atoms with van der Waals surface area (Å²) >= 11 is 0. The molecule has 0 atom stereocenters. The van der Waals surface area contributed by atoms with E-state index in [0.717, 1.165) is 11.1 Å². The maximum Gasteiger partial charge on any atom is 0.186 e. The van der Waals surface area contributed by atoms with E-state index in [1.165, 1.54) is 0 Å². The fourth-order valence-corrected chi connectivity index (χ4v) is 4.38. The Hall–Kier alpha value is -1.68. The highest BCUT2D eigenvalue weighted by atomic mass is 28.3. The van der Waals surface area contributed by atoms with Crippen molar-refractivity contribution < 1.29 is 4.79 Å². The van der Waals surface area contributed by atoms with Crippen molar-refractivity contribution in [2.75, 3.05) is 0 Å². The first-order chi connectivity index (χ1) is 10.9. The summed E-state index contributed by atoms with van der Waals surface area (Å²) in [5.74, 6) is 0.129. The van der Waals surface area contributed by atoms with Gasteiger partial charge in [0, 0.05) is 11.1 Å². The van der Waals surface area contributed by atoms with Crippen molar-refractivity contribution in [2.24, 2.45) is 5.41 Å². The van der Waals surface area contributed by atoms with Crippen molar-refractivity contribution in [3.8, 4) is 5.69 Å². The van der Waals surface area contributed by atoms with Crippen LogP contribution in [0, 0.1) is 5.41 Å². The van der Waals surface area contributed by atoms with Crippen molar-refractivity contribution >= 4 is 19.3 Å². The third-order valence-corrected chi connectivity index (χ3v) is 10.3. The Balaban J connectivity index is 2.76. The summed E-state index contributed by atoms with van der Waals surface area (Å²) < 4.78 is 2.10. The number of ketones is 1. The van der Waals surface area contributed by atoms with Crippen LogP contribution in [0.1, 0.15) is 52.0 Å². The average molecular weight is 343 g/mol. The molecule has 0 aliphatic rings. The molecule has 0 fully saturated rings. The molecule has 3 nitrogen and oxygen atoms in total. The molecule has 0 unspecified atom stereocenters. The van der Waals surface area contributed by atoms with Gasteiger partial charge in [-0.25, -0.2) is 4.98 Å². The standard InChI is InChI=1S/C20H30N2OSi/c1-19(2,3)17(23)16-14-21-18(24(7,8)20(4,5)6)22(16)15-12-10-9-11-13-15/h9-14H,1-8H3. The quantitative estimate of drug-likeness (QED) is 0.592. The summed E-state index contributed by atoms with van der Waals surface area (Å²) in [6.07, 6.45) is 1.77. The second kappa shape index (κ2) is 5.99. The van der Waals surface area contributed by atoms with Crippen LogP contribution in [0.4, 0.5) is 0 Å². The van der Waals surface area contributed by atoms with Crippen LogP contribution in [0.2, 0.25) is 18.1 Å². The molecule has 0 aliphatic heterocycles. The molecule has 0 aliphatic carbocycles. The van der Waals surface area contributed by atoms with E-state index in [2.05, 4.69) is 50.6 Å². The molecule has 2 rings (SSSR count). The predicted octanol–water partition coefficient (Wildman–Crippen LogP) is 4.82. The fraction of sp³-hybridized carbons (Fsp3) is 0.500. The molecule has 0 spiro atoms. The van der Waals surface area contributed by atoms with Gasteiger partial charge >= 0.3 is 0 Å². The first-order valence-corrected chi connectivity index (χ1v) is 11.6. The summed E-state index contributed by atoms with van der Waals surface area (Å²) in [6, 6.07) is 10.1. The maximum absolute atomic E-state index is 13.0. The van der Waals surface area contributed by atoms with E-state index in [1.807, 2.05) is 39.0 Å². The van der Waals surface area contributed by atoms with E-state index in [9.17, 15) is 4.79 Å². The molecule has 0 bridgehead atoms. The van der Waals surface area contributed by atoms with Crippen LogP contribution in [0.3, 0.4) is 0 Å². The molecular formula is C20H30N2OSi. The molecule has 130 valence electrons. The molecule has 1 aromatic carbocycles. The van der Waals surface area contributed by atoms with Gasteiger partial charge in [0.05, 0.1) is 11.6 Å². The van der Waals surface area contributed by atoms with Gasteiger partial charge in [0.2, 0.25) is 0 Å². The number of hydrogen-bond acceptors (Lipinski definition) is 2. The zero-order chi connectivity index (χ0) is 18.3. The number of para-hydroxylation sites is 1. The van der Waals surface area contributed by atoms with Crippen molar-refractivity contribution in [3.05, 3.63) is 42.2 Å². The van der Waals surface area contributed by atoms with Crippen LogP contribution >= 0.6 is 0 Å². The Morgan fingerprint density at radius 3 is 2.00 bits per heavy atom. The number of benzene rings is 1. The average Bonchev–Trinajstić information content (AvgIpc) is 2.90. The van der Waals surface area contributed by atoms with Crippen LogP contribution in [-0.4, -0.2) is 23.4 Å². The summed E-state index contributed by atoms with van der Waals surface area (Å²) in [5.41, 5.74) is 2.34. The van der Waals surface area contributed by atoms with Crippen LogP contribution in [0.5, 0.6) is 0 Å².